The predicted molar refractivity (Wildman–Crippen MR) is 162 cm³/mol. The fraction of sp³-hybridized carbons (Fsp3) is 0.367. The van der Waals surface area contributed by atoms with E-state index < -0.39 is 28.5 Å². The van der Waals surface area contributed by atoms with Crippen molar-refractivity contribution < 1.29 is 28.4 Å². The summed E-state index contributed by atoms with van der Waals surface area (Å²) >= 11 is 5.90. The number of aromatic nitrogens is 1. The van der Waals surface area contributed by atoms with Crippen LogP contribution in [-0.2, 0) is 15.5 Å². The lowest BCUT2D eigenvalue weighted by Crippen LogP contribution is -2.44. The number of benzene rings is 2. The number of amides is 2. The number of pyridine rings is 1. The number of hydrogen-bond acceptors (Lipinski definition) is 8. The van der Waals surface area contributed by atoms with Gasteiger partial charge in [0.1, 0.15) is 23.3 Å². The fourth-order valence-corrected chi connectivity index (χ4v) is 4.99. The van der Waals surface area contributed by atoms with Gasteiger partial charge in [-0.15, -0.1) is 0 Å². The summed E-state index contributed by atoms with van der Waals surface area (Å²) in [4.78, 5) is 32.3. The molecular weight excluding hydrogens is 580 g/mol. The molecule has 1 saturated heterocycles. The van der Waals surface area contributed by atoms with Crippen LogP contribution in [0.15, 0.2) is 65.7 Å². The number of carbonyl (C=O) groups is 2. The van der Waals surface area contributed by atoms with Crippen molar-refractivity contribution in [2.45, 2.75) is 56.4 Å². The second-order valence-corrected chi connectivity index (χ2v) is 12.7. The Hall–Kier alpha value is -3.67. The first kappa shape index (κ1) is 31.3. The van der Waals surface area contributed by atoms with E-state index in [0.717, 1.165) is 0 Å². The Morgan fingerprint density at radius 1 is 1.12 bits per heavy atom. The van der Waals surface area contributed by atoms with E-state index in [2.05, 4.69) is 15.6 Å². The molecule has 0 radical (unpaired) electrons. The summed E-state index contributed by atoms with van der Waals surface area (Å²) in [7, 11) is -1.29. The molecule has 0 saturated carbocycles. The van der Waals surface area contributed by atoms with E-state index in [-0.39, 0.29) is 23.5 Å². The first-order valence-corrected chi connectivity index (χ1v) is 15.4. The van der Waals surface area contributed by atoms with Crippen LogP contribution in [0.1, 0.15) is 55.8 Å². The summed E-state index contributed by atoms with van der Waals surface area (Å²) < 4.78 is 24.0. The molecular formula is C30H35ClN4O6S. The highest BCUT2D eigenvalue weighted by atomic mass is 35.5. The van der Waals surface area contributed by atoms with E-state index in [4.69, 9.17) is 21.1 Å². The van der Waals surface area contributed by atoms with Gasteiger partial charge in [0, 0.05) is 65.3 Å². The Morgan fingerprint density at radius 3 is 2.48 bits per heavy atom. The summed E-state index contributed by atoms with van der Waals surface area (Å²) in [5, 5.41) is 17.1. The third-order valence-electron chi connectivity index (χ3n) is 6.43. The zero-order valence-electron chi connectivity index (χ0n) is 23.9. The number of halogens is 1. The molecule has 3 N–H and O–H groups in total. The van der Waals surface area contributed by atoms with Gasteiger partial charge in [0.2, 0.25) is 0 Å². The first-order chi connectivity index (χ1) is 19.9. The summed E-state index contributed by atoms with van der Waals surface area (Å²) in [5.74, 6) is 0.232. The maximum absolute atomic E-state index is 13.5. The summed E-state index contributed by atoms with van der Waals surface area (Å²) in [6, 6.07) is 14.9. The first-order valence-electron chi connectivity index (χ1n) is 13.5. The molecule has 2 aromatic carbocycles. The normalized spacial score (nSPS) is 15.4. The number of aliphatic hydroxyl groups excluding tert-OH is 1. The molecule has 12 heteroatoms. The lowest BCUT2D eigenvalue weighted by molar-refractivity contribution is 0.0126. The minimum absolute atomic E-state index is 0.246. The van der Waals surface area contributed by atoms with Crippen molar-refractivity contribution >= 4 is 45.9 Å². The van der Waals surface area contributed by atoms with Crippen molar-refractivity contribution in [2.75, 3.05) is 30.0 Å². The third-order valence-corrected chi connectivity index (χ3v) is 7.57. The highest BCUT2D eigenvalue weighted by molar-refractivity contribution is 7.84. The molecule has 42 heavy (non-hydrogen) atoms. The molecule has 2 atom stereocenters. The average Bonchev–Trinajstić information content (AvgIpc) is 2.94. The maximum Gasteiger partial charge on any atom is 0.410 e. The van der Waals surface area contributed by atoms with Gasteiger partial charge in [0.25, 0.3) is 5.91 Å². The second kappa shape index (κ2) is 13.5. The molecule has 1 aromatic heterocycles. The number of likely N-dealkylation sites (tertiary alicyclic amines) is 1. The average molecular weight is 615 g/mol. The van der Waals surface area contributed by atoms with Crippen molar-refractivity contribution in [3.05, 3.63) is 76.9 Å². The van der Waals surface area contributed by atoms with Gasteiger partial charge in [0.15, 0.2) is 6.23 Å². The monoisotopic (exact) mass is 614 g/mol. The number of hydrogen-bond donors (Lipinski definition) is 3. The Morgan fingerprint density at radius 2 is 1.83 bits per heavy atom. The Kier molecular flexibility index (Phi) is 10.1. The van der Waals surface area contributed by atoms with Crippen LogP contribution in [0.2, 0.25) is 5.02 Å². The zero-order valence-corrected chi connectivity index (χ0v) is 25.5. The van der Waals surface area contributed by atoms with Gasteiger partial charge in [-0.05, 0) is 57.2 Å². The lowest BCUT2D eigenvalue weighted by atomic mass is 10.1. The van der Waals surface area contributed by atoms with E-state index >= 15 is 0 Å². The molecule has 1 aliphatic heterocycles. The van der Waals surface area contributed by atoms with Crippen molar-refractivity contribution in [1.29, 1.82) is 0 Å². The van der Waals surface area contributed by atoms with Crippen LogP contribution in [-0.4, -0.2) is 62.3 Å². The second-order valence-electron chi connectivity index (χ2n) is 10.8. The predicted octanol–water partition coefficient (Wildman–Crippen LogP) is 5.61. The quantitative estimate of drug-likeness (QED) is 0.279. The molecule has 2 heterocycles. The molecule has 4 rings (SSSR count). The molecule has 0 aliphatic carbocycles. The SMILES string of the molecule is CS(=O)c1ccc(C(=O)Nc2ccccc2C(O)Nc2ccc(Cl)cn2)c(OC2CCN(C(=O)OC(C)(C)C)CC2)c1. The highest BCUT2D eigenvalue weighted by Crippen LogP contribution is 2.29. The van der Waals surface area contributed by atoms with Crippen LogP contribution in [0.3, 0.4) is 0 Å². The Labute approximate surface area is 252 Å². The number of para-hydroxylation sites is 1. The Balaban J connectivity index is 1.49. The van der Waals surface area contributed by atoms with Gasteiger partial charge >= 0.3 is 6.09 Å². The Bertz CT molecular complexity index is 1440. The molecule has 1 aliphatic rings. The molecule has 224 valence electrons. The van der Waals surface area contributed by atoms with E-state index in [0.29, 0.717) is 52.9 Å². The maximum atomic E-state index is 13.5. The van der Waals surface area contributed by atoms with Gasteiger partial charge in [-0.2, -0.15) is 0 Å². The van der Waals surface area contributed by atoms with Gasteiger partial charge in [-0.3, -0.25) is 9.00 Å². The summed E-state index contributed by atoms with van der Waals surface area (Å²) in [5.41, 5.74) is 0.470. The van der Waals surface area contributed by atoms with Crippen LogP contribution in [0.5, 0.6) is 5.75 Å². The van der Waals surface area contributed by atoms with Crippen molar-refractivity contribution in [3.63, 3.8) is 0 Å². The molecule has 2 amide bonds. The zero-order chi connectivity index (χ0) is 30.4. The number of piperidine rings is 1. The van der Waals surface area contributed by atoms with E-state index in [1.165, 1.54) is 6.20 Å². The van der Waals surface area contributed by atoms with Crippen LogP contribution in [0.25, 0.3) is 0 Å². The molecule has 0 spiro atoms. The number of anilines is 2. The minimum atomic E-state index is -1.29. The van der Waals surface area contributed by atoms with E-state index in [1.54, 1.807) is 65.8 Å². The topological polar surface area (TPSA) is 130 Å². The van der Waals surface area contributed by atoms with E-state index in [9.17, 15) is 18.9 Å². The molecule has 10 nitrogen and oxygen atoms in total. The standard InChI is InChI=1S/C30H35ClN4O6S/c1-30(2,3)41-29(38)35-15-13-20(14-16-35)40-25-17-21(42(4)39)10-11-23(25)28(37)33-24-8-6-5-7-22(24)27(36)34-26-12-9-19(31)18-32-26/h5-12,17-18,20,27,36H,13-16H2,1-4H3,(H,32,34)(H,33,37). The number of nitrogens with zero attached hydrogens (tertiary/aromatic N) is 2. The van der Waals surface area contributed by atoms with Crippen LogP contribution in [0, 0.1) is 0 Å². The van der Waals surface area contributed by atoms with Gasteiger partial charge in [-0.1, -0.05) is 29.8 Å². The third kappa shape index (κ3) is 8.43. The smallest absolute Gasteiger partial charge is 0.410 e. The van der Waals surface area contributed by atoms with E-state index in [1.807, 2.05) is 20.8 Å². The molecule has 0 bridgehead atoms. The van der Waals surface area contributed by atoms with Crippen molar-refractivity contribution in [2.24, 2.45) is 0 Å². The van der Waals surface area contributed by atoms with Gasteiger partial charge < -0.3 is 30.1 Å². The number of nitrogens with one attached hydrogen (secondary N) is 2. The summed E-state index contributed by atoms with van der Waals surface area (Å²) in [6.45, 7) is 6.36. The number of carbonyl (C=O) groups excluding carboxylic acids is 2. The number of aliphatic hydroxyl groups is 1. The molecule has 1 fully saturated rings. The lowest BCUT2D eigenvalue weighted by Gasteiger charge is -2.33. The van der Waals surface area contributed by atoms with Crippen molar-refractivity contribution in [1.82, 2.24) is 9.88 Å². The van der Waals surface area contributed by atoms with Crippen LogP contribution >= 0.6 is 11.6 Å². The molecule has 3 aromatic rings. The van der Waals surface area contributed by atoms with Crippen molar-refractivity contribution in [3.8, 4) is 5.75 Å². The van der Waals surface area contributed by atoms with Crippen LogP contribution < -0.4 is 15.4 Å². The molecule has 2 unspecified atom stereocenters. The highest BCUT2D eigenvalue weighted by Gasteiger charge is 2.29. The number of ether oxygens (including phenoxy) is 2. The van der Waals surface area contributed by atoms with Gasteiger partial charge in [-0.25, -0.2) is 9.78 Å². The van der Waals surface area contributed by atoms with Gasteiger partial charge in [0.05, 0.1) is 10.6 Å². The number of rotatable bonds is 8. The fourth-order valence-electron chi connectivity index (χ4n) is 4.35. The largest absolute Gasteiger partial charge is 0.489 e. The minimum Gasteiger partial charge on any atom is -0.489 e. The van der Waals surface area contributed by atoms with Crippen LogP contribution in [0.4, 0.5) is 16.3 Å². The summed E-state index contributed by atoms with van der Waals surface area (Å²) in [6.07, 6.45) is 2.29.